The number of fused-ring (bicyclic) bond motifs is 1. The van der Waals surface area contributed by atoms with E-state index in [1.807, 2.05) is 12.1 Å². The Morgan fingerprint density at radius 1 is 1.00 bits per heavy atom. The normalized spacial score (nSPS) is 15.5. The molecule has 3 heterocycles. The lowest BCUT2D eigenvalue weighted by molar-refractivity contribution is -0.115. The molecule has 25 heavy (non-hydrogen) atoms. The standard InChI is InChI=1S/C20H18ClN3O/c21-20(25)15-7-11-24(12-8-15)19-4-2-17-13-16(1-3-18(17)23-19)14-5-9-22-10-6-14/h1-6,9-10,13,15H,7-8,11-12H2. The first kappa shape index (κ1) is 16.0. The highest BCUT2D eigenvalue weighted by molar-refractivity contribution is 6.64. The highest BCUT2D eigenvalue weighted by Gasteiger charge is 2.24. The van der Waals surface area contributed by atoms with E-state index in [9.17, 15) is 4.79 Å². The third-order valence-corrected chi connectivity index (χ3v) is 5.14. The summed E-state index contributed by atoms with van der Waals surface area (Å²) in [5.41, 5.74) is 3.28. The lowest BCUT2D eigenvalue weighted by Crippen LogP contribution is -2.35. The molecule has 1 fully saturated rings. The number of rotatable bonds is 3. The fraction of sp³-hybridized carbons (Fsp3) is 0.250. The van der Waals surface area contributed by atoms with E-state index in [0.29, 0.717) is 0 Å². The Kier molecular flexibility index (Phi) is 4.36. The molecule has 0 atom stereocenters. The van der Waals surface area contributed by atoms with Gasteiger partial charge in [0.1, 0.15) is 5.82 Å². The van der Waals surface area contributed by atoms with Gasteiger partial charge < -0.3 is 4.90 Å². The molecule has 126 valence electrons. The van der Waals surface area contributed by atoms with Crippen LogP contribution < -0.4 is 4.90 Å². The number of anilines is 1. The van der Waals surface area contributed by atoms with Gasteiger partial charge in [0.15, 0.2) is 0 Å². The number of piperidine rings is 1. The highest BCUT2D eigenvalue weighted by atomic mass is 35.5. The zero-order valence-corrected chi connectivity index (χ0v) is 14.5. The van der Waals surface area contributed by atoms with Crippen LogP contribution >= 0.6 is 11.6 Å². The molecule has 0 unspecified atom stereocenters. The van der Waals surface area contributed by atoms with Gasteiger partial charge in [0, 0.05) is 36.8 Å². The summed E-state index contributed by atoms with van der Waals surface area (Å²) in [6.07, 6.45) is 5.19. The predicted molar refractivity (Wildman–Crippen MR) is 101 cm³/mol. The minimum Gasteiger partial charge on any atom is -0.357 e. The van der Waals surface area contributed by atoms with Crippen LogP contribution in [0.25, 0.3) is 22.0 Å². The molecule has 3 aromatic rings. The Hall–Kier alpha value is -2.46. The van der Waals surface area contributed by atoms with E-state index >= 15 is 0 Å². The highest BCUT2D eigenvalue weighted by Crippen LogP contribution is 2.27. The molecule has 0 saturated carbocycles. The molecule has 1 aliphatic rings. The first-order chi connectivity index (χ1) is 12.2. The second kappa shape index (κ2) is 6.81. The van der Waals surface area contributed by atoms with Crippen molar-refractivity contribution in [1.82, 2.24) is 9.97 Å². The lowest BCUT2D eigenvalue weighted by Gasteiger charge is -2.31. The molecule has 1 aliphatic heterocycles. The summed E-state index contributed by atoms with van der Waals surface area (Å²) in [4.78, 5) is 22.4. The van der Waals surface area contributed by atoms with Crippen molar-refractivity contribution in [3.8, 4) is 11.1 Å². The van der Waals surface area contributed by atoms with Gasteiger partial charge in [-0.2, -0.15) is 0 Å². The molecule has 1 saturated heterocycles. The number of aromatic nitrogens is 2. The zero-order valence-electron chi connectivity index (χ0n) is 13.7. The van der Waals surface area contributed by atoms with Crippen molar-refractivity contribution in [3.63, 3.8) is 0 Å². The monoisotopic (exact) mass is 351 g/mol. The molecule has 4 nitrogen and oxygen atoms in total. The predicted octanol–water partition coefficient (Wildman–Crippen LogP) is 4.28. The number of benzene rings is 1. The second-order valence-electron chi connectivity index (χ2n) is 6.38. The van der Waals surface area contributed by atoms with Gasteiger partial charge in [-0.15, -0.1) is 0 Å². The van der Waals surface area contributed by atoms with Gasteiger partial charge in [-0.25, -0.2) is 4.98 Å². The van der Waals surface area contributed by atoms with Crippen LogP contribution in [0.4, 0.5) is 5.82 Å². The number of halogens is 1. The third-order valence-electron chi connectivity index (χ3n) is 4.83. The van der Waals surface area contributed by atoms with Crippen molar-refractivity contribution in [3.05, 3.63) is 54.9 Å². The van der Waals surface area contributed by atoms with Crippen LogP contribution in [0.5, 0.6) is 0 Å². The van der Waals surface area contributed by atoms with Crippen molar-refractivity contribution in [2.45, 2.75) is 12.8 Å². The maximum absolute atomic E-state index is 11.3. The number of pyridine rings is 2. The van der Waals surface area contributed by atoms with E-state index in [1.165, 1.54) is 0 Å². The van der Waals surface area contributed by atoms with Gasteiger partial charge in [0.2, 0.25) is 5.24 Å². The number of hydrogen-bond donors (Lipinski definition) is 0. The summed E-state index contributed by atoms with van der Waals surface area (Å²) in [5.74, 6) is 0.950. The molecule has 0 spiro atoms. The lowest BCUT2D eigenvalue weighted by atomic mass is 9.98. The fourth-order valence-corrected chi connectivity index (χ4v) is 3.57. The van der Waals surface area contributed by atoms with Crippen LogP contribution in [-0.2, 0) is 4.79 Å². The summed E-state index contributed by atoms with van der Waals surface area (Å²) < 4.78 is 0. The number of nitrogens with zero attached hydrogens (tertiary/aromatic N) is 3. The molecule has 0 N–H and O–H groups in total. The molecule has 1 aromatic carbocycles. The Labute approximate surface area is 151 Å². The molecule has 0 bridgehead atoms. The van der Waals surface area contributed by atoms with Crippen LogP contribution in [0.3, 0.4) is 0 Å². The first-order valence-electron chi connectivity index (χ1n) is 8.46. The van der Waals surface area contributed by atoms with E-state index in [0.717, 1.165) is 53.8 Å². The summed E-state index contributed by atoms with van der Waals surface area (Å²) >= 11 is 5.62. The van der Waals surface area contributed by atoms with Gasteiger partial charge >= 0.3 is 0 Å². The molecule has 0 amide bonds. The molecule has 0 radical (unpaired) electrons. The Morgan fingerprint density at radius 3 is 2.48 bits per heavy atom. The van der Waals surface area contributed by atoms with Crippen LogP contribution in [0.1, 0.15) is 12.8 Å². The smallest absolute Gasteiger partial charge is 0.224 e. The number of hydrogen-bond acceptors (Lipinski definition) is 4. The molecular weight excluding hydrogens is 334 g/mol. The second-order valence-corrected chi connectivity index (χ2v) is 6.75. The van der Waals surface area contributed by atoms with Gasteiger partial charge in [-0.05, 0) is 72.0 Å². The van der Waals surface area contributed by atoms with Crippen molar-refractivity contribution in [1.29, 1.82) is 0 Å². The molecule has 5 heteroatoms. The summed E-state index contributed by atoms with van der Waals surface area (Å²) in [7, 11) is 0. The SMILES string of the molecule is O=C(Cl)C1CCN(c2ccc3cc(-c4ccncc4)ccc3n2)CC1. The molecule has 2 aromatic heterocycles. The van der Waals surface area contributed by atoms with Crippen molar-refractivity contribution in [2.75, 3.05) is 18.0 Å². The molecule has 4 rings (SSSR count). The average Bonchev–Trinajstić information content (AvgIpc) is 2.68. The van der Waals surface area contributed by atoms with E-state index in [1.54, 1.807) is 12.4 Å². The Balaban J connectivity index is 1.58. The average molecular weight is 352 g/mol. The zero-order chi connectivity index (χ0) is 17.2. The van der Waals surface area contributed by atoms with Gasteiger partial charge in [0.05, 0.1) is 5.52 Å². The number of carbonyl (C=O) groups excluding carboxylic acids is 1. The maximum atomic E-state index is 11.3. The van der Waals surface area contributed by atoms with Gasteiger partial charge in [-0.1, -0.05) is 6.07 Å². The van der Waals surface area contributed by atoms with Crippen molar-refractivity contribution >= 4 is 33.6 Å². The van der Waals surface area contributed by atoms with Crippen LogP contribution in [-0.4, -0.2) is 28.3 Å². The number of carbonyl (C=O) groups is 1. The Morgan fingerprint density at radius 2 is 1.76 bits per heavy atom. The largest absolute Gasteiger partial charge is 0.357 e. The Bertz CT molecular complexity index is 905. The summed E-state index contributed by atoms with van der Waals surface area (Å²) in [6, 6.07) is 14.5. The van der Waals surface area contributed by atoms with Crippen LogP contribution in [0.2, 0.25) is 0 Å². The molecular formula is C20H18ClN3O. The summed E-state index contributed by atoms with van der Waals surface area (Å²) in [5, 5.41) is 0.902. The van der Waals surface area contributed by atoms with Crippen LogP contribution in [0, 0.1) is 5.92 Å². The van der Waals surface area contributed by atoms with E-state index in [4.69, 9.17) is 16.6 Å². The minimum absolute atomic E-state index is 0.0127. The summed E-state index contributed by atoms with van der Waals surface area (Å²) in [6.45, 7) is 1.63. The van der Waals surface area contributed by atoms with E-state index in [2.05, 4.69) is 40.2 Å². The fourth-order valence-electron chi connectivity index (χ4n) is 3.35. The van der Waals surface area contributed by atoms with E-state index < -0.39 is 0 Å². The maximum Gasteiger partial charge on any atom is 0.224 e. The van der Waals surface area contributed by atoms with E-state index in [-0.39, 0.29) is 11.2 Å². The van der Waals surface area contributed by atoms with Crippen molar-refractivity contribution < 1.29 is 4.79 Å². The topological polar surface area (TPSA) is 46.1 Å². The third kappa shape index (κ3) is 3.35. The van der Waals surface area contributed by atoms with Gasteiger partial charge in [0.25, 0.3) is 0 Å². The van der Waals surface area contributed by atoms with Crippen molar-refractivity contribution in [2.24, 2.45) is 5.92 Å². The molecule has 0 aliphatic carbocycles. The minimum atomic E-state index is -0.213. The van der Waals surface area contributed by atoms with Gasteiger partial charge in [-0.3, -0.25) is 9.78 Å². The quantitative estimate of drug-likeness (QED) is 0.661. The first-order valence-corrected chi connectivity index (χ1v) is 8.84. The van der Waals surface area contributed by atoms with Crippen LogP contribution in [0.15, 0.2) is 54.9 Å².